The van der Waals surface area contributed by atoms with Crippen LogP contribution in [0.25, 0.3) is 11.3 Å². The largest absolute Gasteiger partial charge is 0.480 e. The molecule has 0 spiro atoms. The highest BCUT2D eigenvalue weighted by molar-refractivity contribution is 6.29. The predicted octanol–water partition coefficient (Wildman–Crippen LogP) is 4.11. The van der Waals surface area contributed by atoms with Gasteiger partial charge in [0.05, 0.1) is 17.6 Å². The molecule has 2 aromatic rings. The molecule has 1 aromatic carbocycles. The van der Waals surface area contributed by atoms with E-state index in [0.717, 1.165) is 17.7 Å². The number of aliphatic carboxylic acids is 1. The lowest BCUT2D eigenvalue weighted by Gasteiger charge is -2.06. The first kappa shape index (κ1) is 17.4. The van der Waals surface area contributed by atoms with Gasteiger partial charge in [0.15, 0.2) is 0 Å². The second-order valence-electron chi connectivity index (χ2n) is 5.56. The highest BCUT2D eigenvalue weighted by Crippen LogP contribution is 2.18. The van der Waals surface area contributed by atoms with E-state index in [4.69, 9.17) is 16.7 Å². The molecule has 0 saturated carbocycles. The molecule has 0 aliphatic carbocycles. The molecule has 0 fully saturated rings. The normalized spacial score (nSPS) is 12.1. The summed E-state index contributed by atoms with van der Waals surface area (Å²) < 4.78 is 0. The molecule has 0 bridgehead atoms. The molecule has 0 amide bonds. The van der Waals surface area contributed by atoms with Crippen LogP contribution in [0.1, 0.15) is 37.4 Å². The van der Waals surface area contributed by atoms with E-state index in [1.807, 2.05) is 12.1 Å². The van der Waals surface area contributed by atoms with Crippen LogP contribution in [-0.4, -0.2) is 26.4 Å². The smallest absolute Gasteiger partial charge is 0.322 e. The minimum absolute atomic E-state index is 0.167. The van der Waals surface area contributed by atoms with Crippen molar-refractivity contribution in [3.05, 3.63) is 47.9 Å². The summed E-state index contributed by atoms with van der Waals surface area (Å²) in [6, 6.07) is 8.35. The molecule has 0 unspecified atom stereocenters. The van der Waals surface area contributed by atoms with Crippen molar-refractivity contribution in [2.75, 3.05) is 0 Å². The second kappa shape index (κ2) is 8.63. The minimum atomic E-state index is -1.05. The number of carbonyl (C=O) groups is 1. The first-order valence-electron chi connectivity index (χ1n) is 7.87. The third-order valence-electron chi connectivity index (χ3n) is 3.68. The van der Waals surface area contributed by atoms with Crippen LogP contribution >= 0.6 is 11.6 Å². The number of halogens is 1. The molecule has 1 heterocycles. The Hall–Kier alpha value is -1.94. The maximum atomic E-state index is 10.7. The van der Waals surface area contributed by atoms with Gasteiger partial charge in [-0.3, -0.25) is 14.8 Å². The summed E-state index contributed by atoms with van der Waals surface area (Å²) in [6.07, 6.45) is 8.21. The highest BCUT2D eigenvalue weighted by Gasteiger charge is 2.15. The van der Waals surface area contributed by atoms with Crippen LogP contribution < -0.4 is 0 Å². The molecule has 2 rings (SSSR count). The predicted molar refractivity (Wildman–Crippen MR) is 91.7 cm³/mol. The molecule has 0 saturated heterocycles. The summed E-state index contributed by atoms with van der Waals surface area (Å²) in [5.74, 6) is -1.05. The van der Waals surface area contributed by atoms with E-state index in [1.54, 1.807) is 12.4 Å². The molecule has 122 valence electrons. The molecular formula is C18H21ClN2O2. The van der Waals surface area contributed by atoms with E-state index in [9.17, 15) is 4.79 Å². The maximum Gasteiger partial charge on any atom is 0.322 e. The standard InChI is InChI=1S/C18H21ClN2O2/c1-2-3-4-5-13-6-8-14(9-7-13)17-12-20-15(11-21-17)10-16(19)18(22)23/h6-9,11-12,16H,2-5,10H2,1H3,(H,22,23)/t16-/m1/s1. The summed E-state index contributed by atoms with van der Waals surface area (Å²) in [7, 11) is 0. The van der Waals surface area contributed by atoms with Gasteiger partial charge in [-0.25, -0.2) is 0 Å². The Morgan fingerprint density at radius 2 is 1.91 bits per heavy atom. The molecule has 0 radical (unpaired) electrons. The Bertz CT molecular complexity index is 626. The molecule has 1 atom stereocenters. The number of carboxylic acid groups (broad SMARTS) is 1. The van der Waals surface area contributed by atoms with Gasteiger partial charge in [0.25, 0.3) is 0 Å². The molecule has 1 N–H and O–H groups in total. The number of benzene rings is 1. The average molecular weight is 333 g/mol. The monoisotopic (exact) mass is 332 g/mol. The number of hydrogen-bond acceptors (Lipinski definition) is 3. The number of carboxylic acids is 1. The molecule has 0 aliphatic heterocycles. The molecule has 5 heteroatoms. The van der Waals surface area contributed by atoms with Crippen LogP contribution in [0.4, 0.5) is 0 Å². The Morgan fingerprint density at radius 1 is 1.17 bits per heavy atom. The van der Waals surface area contributed by atoms with Crippen molar-refractivity contribution in [1.29, 1.82) is 0 Å². The summed E-state index contributed by atoms with van der Waals surface area (Å²) in [6.45, 7) is 2.20. The lowest BCUT2D eigenvalue weighted by molar-refractivity contribution is -0.136. The summed E-state index contributed by atoms with van der Waals surface area (Å²) in [4.78, 5) is 19.3. The zero-order chi connectivity index (χ0) is 16.7. The van der Waals surface area contributed by atoms with Crippen molar-refractivity contribution in [2.45, 2.75) is 44.4 Å². The van der Waals surface area contributed by atoms with E-state index in [2.05, 4.69) is 29.0 Å². The van der Waals surface area contributed by atoms with Crippen LogP contribution in [-0.2, 0) is 17.6 Å². The van der Waals surface area contributed by atoms with E-state index in [-0.39, 0.29) is 6.42 Å². The van der Waals surface area contributed by atoms with Crippen molar-refractivity contribution in [2.24, 2.45) is 0 Å². The lowest BCUT2D eigenvalue weighted by atomic mass is 10.0. The number of aromatic nitrogens is 2. The fourth-order valence-electron chi connectivity index (χ4n) is 2.30. The molecule has 0 aliphatic rings. The molecular weight excluding hydrogens is 312 g/mol. The van der Waals surface area contributed by atoms with E-state index >= 15 is 0 Å². The summed E-state index contributed by atoms with van der Waals surface area (Å²) in [5.41, 5.74) is 3.69. The summed E-state index contributed by atoms with van der Waals surface area (Å²) >= 11 is 5.71. The molecule has 1 aromatic heterocycles. The number of unbranched alkanes of at least 4 members (excludes halogenated alkanes) is 2. The van der Waals surface area contributed by atoms with E-state index in [0.29, 0.717) is 5.69 Å². The topological polar surface area (TPSA) is 63.1 Å². The number of nitrogens with zero attached hydrogens (tertiary/aromatic N) is 2. The fraction of sp³-hybridized carbons (Fsp3) is 0.389. The maximum absolute atomic E-state index is 10.7. The minimum Gasteiger partial charge on any atom is -0.480 e. The third-order valence-corrected chi connectivity index (χ3v) is 4.02. The van der Waals surface area contributed by atoms with Crippen LogP contribution in [0.5, 0.6) is 0 Å². The SMILES string of the molecule is CCCCCc1ccc(-c2cnc(C[C@@H](Cl)C(=O)O)cn2)cc1. The Kier molecular flexibility index (Phi) is 6.53. The van der Waals surface area contributed by atoms with Crippen molar-refractivity contribution < 1.29 is 9.90 Å². The number of aryl methyl sites for hydroxylation is 1. The van der Waals surface area contributed by atoms with Gasteiger partial charge in [-0.2, -0.15) is 0 Å². The van der Waals surface area contributed by atoms with E-state index < -0.39 is 11.3 Å². The second-order valence-corrected chi connectivity index (χ2v) is 6.08. The van der Waals surface area contributed by atoms with Crippen molar-refractivity contribution in [3.8, 4) is 11.3 Å². The number of hydrogen-bond donors (Lipinski definition) is 1. The van der Waals surface area contributed by atoms with Crippen molar-refractivity contribution >= 4 is 17.6 Å². The van der Waals surface area contributed by atoms with Gasteiger partial charge in [0, 0.05) is 18.2 Å². The van der Waals surface area contributed by atoms with Crippen LogP contribution in [0.15, 0.2) is 36.7 Å². The van der Waals surface area contributed by atoms with Gasteiger partial charge in [0.1, 0.15) is 5.38 Å². The van der Waals surface area contributed by atoms with Gasteiger partial charge < -0.3 is 5.11 Å². The number of alkyl halides is 1. The molecule has 4 nitrogen and oxygen atoms in total. The Labute approximate surface area is 141 Å². The zero-order valence-corrected chi connectivity index (χ0v) is 14.0. The number of rotatable bonds is 8. The van der Waals surface area contributed by atoms with Gasteiger partial charge in [-0.05, 0) is 18.4 Å². The van der Waals surface area contributed by atoms with E-state index in [1.165, 1.54) is 24.8 Å². The van der Waals surface area contributed by atoms with Gasteiger partial charge in [0.2, 0.25) is 0 Å². The Balaban J connectivity index is 2.00. The quantitative estimate of drug-likeness (QED) is 0.583. The first-order valence-corrected chi connectivity index (χ1v) is 8.31. The average Bonchev–Trinajstić information content (AvgIpc) is 2.56. The van der Waals surface area contributed by atoms with Crippen LogP contribution in [0.2, 0.25) is 0 Å². The summed E-state index contributed by atoms with van der Waals surface area (Å²) in [5, 5.41) is 7.82. The van der Waals surface area contributed by atoms with Gasteiger partial charge >= 0.3 is 5.97 Å². The van der Waals surface area contributed by atoms with Crippen molar-refractivity contribution in [3.63, 3.8) is 0 Å². The zero-order valence-electron chi connectivity index (χ0n) is 13.2. The van der Waals surface area contributed by atoms with Gasteiger partial charge in [-0.1, -0.05) is 44.0 Å². The highest BCUT2D eigenvalue weighted by atomic mass is 35.5. The fourth-order valence-corrected chi connectivity index (χ4v) is 2.46. The van der Waals surface area contributed by atoms with Gasteiger partial charge in [-0.15, -0.1) is 11.6 Å². The first-order chi connectivity index (χ1) is 11.1. The van der Waals surface area contributed by atoms with Crippen molar-refractivity contribution in [1.82, 2.24) is 9.97 Å². The third kappa shape index (κ3) is 5.32. The van der Waals surface area contributed by atoms with Crippen LogP contribution in [0, 0.1) is 0 Å². The Morgan fingerprint density at radius 3 is 2.48 bits per heavy atom. The lowest BCUT2D eigenvalue weighted by Crippen LogP contribution is -2.16. The molecule has 23 heavy (non-hydrogen) atoms. The van der Waals surface area contributed by atoms with Crippen LogP contribution in [0.3, 0.4) is 0 Å².